The van der Waals surface area contributed by atoms with E-state index in [-0.39, 0.29) is 19.3 Å². The van der Waals surface area contributed by atoms with Crippen LogP contribution in [0.25, 0.3) is 0 Å². The van der Waals surface area contributed by atoms with Crippen molar-refractivity contribution in [3.05, 3.63) is 12.7 Å². The van der Waals surface area contributed by atoms with Crippen molar-refractivity contribution < 1.29 is 18.6 Å². The molecule has 4 nitrogen and oxygen atoms in total. The SMILES string of the molecule is C#CC(C)OCC(COCC=C)OP(=O)(Cl)Cl. The molecule has 0 fully saturated rings. The molecule has 0 aromatic rings. The second-order valence-corrected chi connectivity index (χ2v) is 7.34. The molecule has 0 spiro atoms. The highest BCUT2D eigenvalue weighted by Gasteiger charge is 2.23. The van der Waals surface area contributed by atoms with Crippen LogP contribution in [0.2, 0.25) is 0 Å². The van der Waals surface area contributed by atoms with E-state index in [1.165, 1.54) is 0 Å². The van der Waals surface area contributed by atoms with Crippen LogP contribution in [0.15, 0.2) is 12.7 Å². The molecule has 0 aromatic carbocycles. The monoisotopic (exact) mass is 300 g/mol. The van der Waals surface area contributed by atoms with Gasteiger partial charge in [0.15, 0.2) is 0 Å². The molecule has 7 heteroatoms. The fourth-order valence-electron chi connectivity index (χ4n) is 0.865. The number of halogens is 2. The third-order valence-electron chi connectivity index (χ3n) is 1.58. The van der Waals surface area contributed by atoms with E-state index in [1.807, 2.05) is 0 Å². The largest absolute Gasteiger partial charge is 0.380 e. The minimum atomic E-state index is -3.63. The third kappa shape index (κ3) is 10.8. The smallest absolute Gasteiger partial charge is 0.375 e. The van der Waals surface area contributed by atoms with Gasteiger partial charge in [-0.25, -0.2) is 0 Å². The van der Waals surface area contributed by atoms with Crippen LogP contribution in [0.5, 0.6) is 0 Å². The lowest BCUT2D eigenvalue weighted by atomic mass is 10.4. The van der Waals surface area contributed by atoms with Gasteiger partial charge in [0.2, 0.25) is 0 Å². The average molecular weight is 301 g/mol. The third-order valence-corrected chi connectivity index (χ3v) is 2.60. The molecule has 2 atom stereocenters. The van der Waals surface area contributed by atoms with Gasteiger partial charge in [-0.1, -0.05) is 12.0 Å². The molecule has 0 N–H and O–H groups in total. The predicted molar refractivity (Wildman–Crippen MR) is 69.4 cm³/mol. The molecular weight excluding hydrogens is 286 g/mol. The molecule has 0 rings (SSSR count). The summed E-state index contributed by atoms with van der Waals surface area (Å²) in [7, 11) is 0. The summed E-state index contributed by atoms with van der Waals surface area (Å²) in [6.07, 6.45) is 2.05. The van der Waals surface area contributed by atoms with Gasteiger partial charge < -0.3 is 9.47 Å². The summed E-state index contributed by atoms with van der Waals surface area (Å²) in [6, 6.07) is 0. The Morgan fingerprint density at radius 2 is 2.18 bits per heavy atom. The minimum absolute atomic E-state index is 0.0892. The van der Waals surface area contributed by atoms with Crippen LogP contribution in [0.3, 0.4) is 0 Å². The van der Waals surface area contributed by atoms with Crippen LogP contribution in [0.1, 0.15) is 6.92 Å². The maximum absolute atomic E-state index is 11.1. The van der Waals surface area contributed by atoms with Crippen molar-refractivity contribution in [1.82, 2.24) is 0 Å². The van der Waals surface area contributed by atoms with Crippen molar-refractivity contribution in [3.63, 3.8) is 0 Å². The average Bonchev–Trinajstić information content (AvgIpc) is 2.23. The predicted octanol–water partition coefficient (Wildman–Crippen LogP) is 3.20. The Morgan fingerprint density at radius 1 is 1.53 bits per heavy atom. The van der Waals surface area contributed by atoms with Gasteiger partial charge in [0, 0.05) is 0 Å². The van der Waals surface area contributed by atoms with Gasteiger partial charge >= 0.3 is 6.07 Å². The zero-order chi connectivity index (χ0) is 13.3. The molecule has 0 aliphatic heterocycles. The lowest BCUT2D eigenvalue weighted by Gasteiger charge is -2.18. The van der Waals surface area contributed by atoms with Gasteiger partial charge in [0.05, 0.1) is 19.8 Å². The molecule has 0 aliphatic carbocycles. The highest BCUT2D eigenvalue weighted by molar-refractivity contribution is 8.05. The van der Waals surface area contributed by atoms with Crippen molar-refractivity contribution in [1.29, 1.82) is 0 Å². The van der Waals surface area contributed by atoms with Crippen LogP contribution < -0.4 is 0 Å². The molecule has 0 aromatic heterocycles. The highest BCUT2D eigenvalue weighted by atomic mass is 35.9. The summed E-state index contributed by atoms with van der Waals surface area (Å²) in [4.78, 5) is 0. The van der Waals surface area contributed by atoms with Gasteiger partial charge in [0.25, 0.3) is 0 Å². The topological polar surface area (TPSA) is 44.8 Å². The van der Waals surface area contributed by atoms with E-state index >= 15 is 0 Å². The lowest BCUT2D eigenvalue weighted by Crippen LogP contribution is -2.26. The molecule has 0 aliphatic rings. The molecule has 98 valence electrons. The van der Waals surface area contributed by atoms with E-state index in [0.29, 0.717) is 6.61 Å². The van der Waals surface area contributed by atoms with Gasteiger partial charge in [-0.2, -0.15) is 0 Å². The molecule has 0 heterocycles. The van der Waals surface area contributed by atoms with Crippen LogP contribution in [0, 0.1) is 12.3 Å². The standard InChI is InChI=1S/C10H15Cl2O4P/c1-4-6-14-7-10(16-17(11,12)13)8-15-9(3)5-2/h2,4,9-10H,1,6-8H2,3H3. The normalized spacial score (nSPS) is 14.9. The number of hydrogen-bond acceptors (Lipinski definition) is 4. The quantitative estimate of drug-likeness (QED) is 0.284. The van der Waals surface area contributed by atoms with E-state index in [1.54, 1.807) is 13.0 Å². The molecule has 0 saturated carbocycles. The van der Waals surface area contributed by atoms with Crippen molar-refractivity contribution in [3.8, 4) is 12.3 Å². The Morgan fingerprint density at radius 3 is 2.65 bits per heavy atom. The fraction of sp³-hybridized carbons (Fsp3) is 0.600. The zero-order valence-electron chi connectivity index (χ0n) is 9.47. The van der Waals surface area contributed by atoms with E-state index in [9.17, 15) is 4.57 Å². The van der Waals surface area contributed by atoms with Gasteiger partial charge in [-0.15, -0.1) is 13.0 Å². The Balaban J connectivity index is 4.15. The molecule has 2 unspecified atom stereocenters. The van der Waals surface area contributed by atoms with Crippen molar-refractivity contribution >= 4 is 28.6 Å². The first-order chi connectivity index (χ1) is 7.89. The summed E-state index contributed by atoms with van der Waals surface area (Å²) in [5.74, 6) is 2.38. The van der Waals surface area contributed by atoms with Crippen molar-refractivity contribution in [2.24, 2.45) is 0 Å². The summed E-state index contributed by atoms with van der Waals surface area (Å²) in [6.45, 7) is 5.74. The van der Waals surface area contributed by atoms with Crippen molar-refractivity contribution in [2.75, 3.05) is 19.8 Å². The number of hydrogen-bond donors (Lipinski definition) is 0. The van der Waals surface area contributed by atoms with Crippen molar-refractivity contribution in [2.45, 2.75) is 19.1 Å². The molecule has 0 saturated heterocycles. The van der Waals surface area contributed by atoms with E-state index < -0.39 is 12.2 Å². The van der Waals surface area contributed by atoms with E-state index in [2.05, 4.69) is 12.5 Å². The number of terminal acetylenes is 1. The zero-order valence-corrected chi connectivity index (χ0v) is 11.9. The Labute approximate surface area is 111 Å². The minimum Gasteiger partial charge on any atom is -0.375 e. The molecule has 17 heavy (non-hydrogen) atoms. The van der Waals surface area contributed by atoms with Crippen LogP contribution in [0.4, 0.5) is 0 Å². The van der Waals surface area contributed by atoms with Gasteiger partial charge in [-0.3, -0.25) is 9.09 Å². The molecule has 0 radical (unpaired) electrons. The fourth-order valence-corrected chi connectivity index (χ4v) is 2.01. The highest BCUT2D eigenvalue weighted by Crippen LogP contribution is 2.58. The molecule has 0 bridgehead atoms. The first-order valence-electron chi connectivity index (χ1n) is 4.83. The van der Waals surface area contributed by atoms with E-state index in [4.69, 9.17) is 42.9 Å². The van der Waals surface area contributed by atoms with Crippen LogP contribution in [-0.4, -0.2) is 32.0 Å². The van der Waals surface area contributed by atoms with Crippen LogP contribution >= 0.6 is 28.6 Å². The Bertz CT molecular complexity index is 310. The summed E-state index contributed by atoms with van der Waals surface area (Å²) in [5, 5.41) is 0. The Hall–Kier alpha value is -0.0100. The number of rotatable bonds is 9. The van der Waals surface area contributed by atoms with E-state index in [0.717, 1.165) is 0 Å². The lowest BCUT2D eigenvalue weighted by molar-refractivity contribution is -0.00696. The van der Waals surface area contributed by atoms with Crippen LogP contribution in [-0.2, 0) is 18.6 Å². The second-order valence-electron chi connectivity index (χ2n) is 3.11. The molecular formula is C10H15Cl2O4P. The maximum atomic E-state index is 11.1. The summed E-state index contributed by atoms with van der Waals surface area (Å²) in [5.41, 5.74) is 0. The molecule has 0 amide bonds. The number of ether oxygens (including phenoxy) is 2. The Kier molecular flexibility index (Phi) is 8.99. The van der Waals surface area contributed by atoms with Gasteiger partial charge in [-0.05, 0) is 29.4 Å². The first-order valence-corrected chi connectivity index (χ1v) is 8.26. The maximum Gasteiger partial charge on any atom is 0.380 e. The first kappa shape index (κ1) is 17.0. The summed E-state index contributed by atoms with van der Waals surface area (Å²) >= 11 is 10.6. The second kappa shape index (κ2) is 8.99. The van der Waals surface area contributed by atoms with Gasteiger partial charge in [0.1, 0.15) is 12.2 Å². The summed E-state index contributed by atoms with van der Waals surface area (Å²) < 4.78 is 26.4.